The Bertz CT molecular complexity index is 515. The fourth-order valence-corrected chi connectivity index (χ4v) is 2.73. The van der Waals surface area contributed by atoms with Crippen LogP contribution in [0.2, 0.25) is 0 Å². The van der Waals surface area contributed by atoms with Gasteiger partial charge in [-0.3, -0.25) is 4.79 Å². The fourth-order valence-electron chi connectivity index (χ4n) is 2.73. The van der Waals surface area contributed by atoms with E-state index in [4.69, 9.17) is 0 Å². The predicted molar refractivity (Wildman–Crippen MR) is 74.2 cm³/mol. The number of amides is 1. The van der Waals surface area contributed by atoms with Crippen LogP contribution in [0.25, 0.3) is 0 Å². The number of nitrogens with one attached hydrogen (secondary N) is 1. The van der Waals surface area contributed by atoms with E-state index < -0.39 is 5.41 Å². The smallest absolute Gasteiger partial charge is 0.240 e. The highest BCUT2D eigenvalue weighted by molar-refractivity contribution is 5.85. The van der Waals surface area contributed by atoms with Crippen LogP contribution >= 0.6 is 0 Å². The molecule has 0 aliphatic heterocycles. The number of rotatable bonds is 4. The van der Waals surface area contributed by atoms with E-state index in [1.165, 1.54) is 6.07 Å². The standard InChI is InChI=1S/C16H19FN2O/c17-14-7-3-2-6-13(14)8-11-19-15(20)16(12-18)9-4-1-5-10-16/h2-3,6-7H,1,4-5,8-11H2,(H,19,20). The van der Waals surface area contributed by atoms with Gasteiger partial charge >= 0.3 is 0 Å². The lowest BCUT2D eigenvalue weighted by Crippen LogP contribution is -2.42. The van der Waals surface area contributed by atoms with E-state index in [2.05, 4.69) is 11.4 Å². The molecule has 0 saturated heterocycles. The Morgan fingerprint density at radius 2 is 2.00 bits per heavy atom. The van der Waals surface area contributed by atoms with Crippen molar-refractivity contribution >= 4 is 5.91 Å². The second-order valence-electron chi connectivity index (χ2n) is 5.35. The summed E-state index contributed by atoms with van der Waals surface area (Å²) in [4.78, 5) is 12.2. The maximum Gasteiger partial charge on any atom is 0.240 e. The van der Waals surface area contributed by atoms with Crippen molar-refractivity contribution in [2.75, 3.05) is 6.54 Å². The molecule has 20 heavy (non-hydrogen) atoms. The maximum absolute atomic E-state index is 13.4. The van der Waals surface area contributed by atoms with Crippen LogP contribution in [0, 0.1) is 22.6 Å². The molecule has 1 aromatic rings. The topological polar surface area (TPSA) is 52.9 Å². The van der Waals surface area contributed by atoms with Crippen molar-refractivity contribution in [3.63, 3.8) is 0 Å². The summed E-state index contributed by atoms with van der Waals surface area (Å²) in [5, 5.41) is 12.1. The second-order valence-corrected chi connectivity index (χ2v) is 5.35. The molecule has 3 nitrogen and oxygen atoms in total. The third kappa shape index (κ3) is 3.16. The molecule has 0 atom stereocenters. The number of carbonyl (C=O) groups excluding carboxylic acids is 1. The first kappa shape index (κ1) is 14.5. The minimum Gasteiger partial charge on any atom is -0.354 e. The Hall–Kier alpha value is -1.89. The Balaban J connectivity index is 1.89. The molecule has 0 heterocycles. The number of hydrogen-bond donors (Lipinski definition) is 1. The molecule has 0 aromatic heterocycles. The molecule has 0 bridgehead atoms. The second kappa shape index (κ2) is 6.51. The zero-order chi connectivity index (χ0) is 14.4. The first-order chi connectivity index (χ1) is 9.68. The average Bonchev–Trinajstić information content (AvgIpc) is 2.49. The number of hydrogen-bond acceptors (Lipinski definition) is 2. The van der Waals surface area contributed by atoms with Gasteiger partial charge in [-0.1, -0.05) is 37.5 Å². The summed E-state index contributed by atoms with van der Waals surface area (Å²) < 4.78 is 13.4. The van der Waals surface area contributed by atoms with Crippen molar-refractivity contribution in [1.82, 2.24) is 5.32 Å². The summed E-state index contributed by atoms with van der Waals surface area (Å²) >= 11 is 0. The monoisotopic (exact) mass is 274 g/mol. The molecule has 4 heteroatoms. The van der Waals surface area contributed by atoms with E-state index in [1.807, 2.05) is 0 Å². The van der Waals surface area contributed by atoms with E-state index >= 15 is 0 Å². The molecule has 106 valence electrons. The van der Waals surface area contributed by atoms with E-state index in [0.717, 1.165) is 19.3 Å². The Morgan fingerprint density at radius 3 is 2.65 bits per heavy atom. The average molecular weight is 274 g/mol. The highest BCUT2D eigenvalue weighted by Crippen LogP contribution is 2.35. The van der Waals surface area contributed by atoms with Crippen molar-refractivity contribution < 1.29 is 9.18 Å². The van der Waals surface area contributed by atoms with Gasteiger partial charge in [-0.2, -0.15) is 5.26 Å². The van der Waals surface area contributed by atoms with Crippen molar-refractivity contribution in [3.8, 4) is 6.07 Å². The van der Waals surface area contributed by atoms with Crippen LogP contribution in [0.5, 0.6) is 0 Å². The molecule has 0 spiro atoms. The number of halogens is 1. The Morgan fingerprint density at radius 1 is 1.30 bits per heavy atom. The number of benzene rings is 1. The van der Waals surface area contributed by atoms with Gasteiger partial charge in [0, 0.05) is 6.54 Å². The summed E-state index contributed by atoms with van der Waals surface area (Å²) in [5.41, 5.74) is -0.282. The summed E-state index contributed by atoms with van der Waals surface area (Å²) in [6.45, 7) is 0.364. The van der Waals surface area contributed by atoms with Gasteiger partial charge < -0.3 is 5.32 Å². The van der Waals surface area contributed by atoms with Gasteiger partial charge in [-0.05, 0) is 30.9 Å². The molecular weight excluding hydrogens is 255 g/mol. The molecule has 1 amide bonds. The zero-order valence-corrected chi connectivity index (χ0v) is 11.5. The molecule has 1 saturated carbocycles. The van der Waals surface area contributed by atoms with E-state index in [9.17, 15) is 14.4 Å². The lowest BCUT2D eigenvalue weighted by atomic mass is 9.74. The van der Waals surface area contributed by atoms with Crippen LogP contribution in [-0.2, 0) is 11.2 Å². The molecule has 1 N–H and O–H groups in total. The van der Waals surface area contributed by atoms with E-state index in [0.29, 0.717) is 31.4 Å². The summed E-state index contributed by atoms with van der Waals surface area (Å²) in [7, 11) is 0. The largest absolute Gasteiger partial charge is 0.354 e. The summed E-state index contributed by atoms with van der Waals surface area (Å²) in [6.07, 6.45) is 4.65. The molecule has 1 fully saturated rings. The number of carbonyl (C=O) groups is 1. The van der Waals surface area contributed by atoms with Crippen LogP contribution in [-0.4, -0.2) is 12.5 Å². The van der Waals surface area contributed by atoms with E-state index in [1.54, 1.807) is 18.2 Å². The molecule has 1 aliphatic rings. The van der Waals surface area contributed by atoms with Crippen LogP contribution in [0.1, 0.15) is 37.7 Å². The minimum absolute atomic E-state index is 0.198. The Labute approximate surface area is 118 Å². The van der Waals surface area contributed by atoms with Crippen LogP contribution in [0.15, 0.2) is 24.3 Å². The Kier molecular flexibility index (Phi) is 4.73. The van der Waals surface area contributed by atoms with Crippen LogP contribution in [0.4, 0.5) is 4.39 Å². The molecular formula is C16H19FN2O. The van der Waals surface area contributed by atoms with E-state index in [-0.39, 0.29) is 11.7 Å². The fraction of sp³-hybridized carbons (Fsp3) is 0.500. The first-order valence-corrected chi connectivity index (χ1v) is 7.11. The molecule has 1 aromatic carbocycles. The van der Waals surface area contributed by atoms with Gasteiger partial charge in [0.05, 0.1) is 6.07 Å². The third-order valence-electron chi connectivity index (χ3n) is 3.99. The van der Waals surface area contributed by atoms with Gasteiger partial charge in [0.25, 0.3) is 0 Å². The first-order valence-electron chi connectivity index (χ1n) is 7.11. The molecule has 0 radical (unpaired) electrons. The lowest BCUT2D eigenvalue weighted by Gasteiger charge is -2.29. The maximum atomic E-state index is 13.4. The van der Waals surface area contributed by atoms with Gasteiger partial charge in [-0.15, -0.1) is 0 Å². The molecule has 0 unspecified atom stereocenters. The molecule has 2 rings (SSSR count). The summed E-state index contributed by atoms with van der Waals surface area (Å²) in [5.74, 6) is -0.453. The van der Waals surface area contributed by atoms with Gasteiger partial charge in [0.2, 0.25) is 5.91 Å². The summed E-state index contributed by atoms with van der Waals surface area (Å²) in [6, 6.07) is 8.73. The third-order valence-corrected chi connectivity index (χ3v) is 3.99. The predicted octanol–water partition coefficient (Wildman–Crippen LogP) is 2.96. The molecule has 1 aliphatic carbocycles. The highest BCUT2D eigenvalue weighted by atomic mass is 19.1. The van der Waals surface area contributed by atoms with Gasteiger partial charge in [-0.25, -0.2) is 4.39 Å². The van der Waals surface area contributed by atoms with Gasteiger partial charge in [0.15, 0.2) is 0 Å². The number of nitrogens with zero attached hydrogens (tertiary/aromatic N) is 1. The lowest BCUT2D eigenvalue weighted by molar-refractivity contribution is -0.129. The van der Waals surface area contributed by atoms with Crippen LogP contribution < -0.4 is 5.32 Å². The van der Waals surface area contributed by atoms with Gasteiger partial charge in [0.1, 0.15) is 11.2 Å². The van der Waals surface area contributed by atoms with Crippen molar-refractivity contribution in [2.45, 2.75) is 38.5 Å². The van der Waals surface area contributed by atoms with Crippen molar-refractivity contribution in [3.05, 3.63) is 35.6 Å². The van der Waals surface area contributed by atoms with Crippen molar-refractivity contribution in [2.24, 2.45) is 5.41 Å². The zero-order valence-electron chi connectivity index (χ0n) is 11.5. The highest BCUT2D eigenvalue weighted by Gasteiger charge is 2.39. The van der Waals surface area contributed by atoms with Crippen LogP contribution in [0.3, 0.4) is 0 Å². The quantitative estimate of drug-likeness (QED) is 0.917. The normalized spacial score (nSPS) is 17.2. The van der Waals surface area contributed by atoms with Crippen molar-refractivity contribution in [1.29, 1.82) is 5.26 Å². The SMILES string of the molecule is N#CC1(C(=O)NCCc2ccccc2F)CCCCC1. The number of nitriles is 1. The minimum atomic E-state index is -0.868.